The first-order chi connectivity index (χ1) is 12.5. The van der Waals surface area contributed by atoms with E-state index in [2.05, 4.69) is 0 Å². The van der Waals surface area contributed by atoms with Gasteiger partial charge in [0.25, 0.3) is 0 Å². The van der Waals surface area contributed by atoms with Gasteiger partial charge in [-0.1, -0.05) is 29.8 Å². The minimum Gasteiger partial charge on any atom is -0.479 e. The summed E-state index contributed by atoms with van der Waals surface area (Å²) in [6.45, 7) is 5.63. The first kappa shape index (κ1) is 17.7. The fourth-order valence-electron chi connectivity index (χ4n) is 2.66. The number of fused-ring (bicyclic) bond motifs is 1. The van der Waals surface area contributed by atoms with E-state index < -0.39 is 12.1 Å². The largest absolute Gasteiger partial charge is 0.479 e. The molecule has 2 aromatic rings. The van der Waals surface area contributed by atoms with E-state index in [1.807, 2.05) is 31.2 Å². The maximum absolute atomic E-state index is 12.5. The molecule has 0 saturated heterocycles. The normalized spacial score (nSPS) is 15.3. The molecule has 0 unspecified atom stereocenters. The average molecular weight is 352 g/mol. The molecule has 1 aliphatic heterocycles. The Morgan fingerprint density at radius 1 is 1.23 bits per heavy atom. The predicted molar refractivity (Wildman–Crippen MR) is 97.3 cm³/mol. The van der Waals surface area contributed by atoms with Gasteiger partial charge in [-0.15, -0.1) is 0 Å². The Bertz CT molecular complexity index is 882. The van der Waals surface area contributed by atoms with Crippen LogP contribution < -0.4 is 9.47 Å². The topological polar surface area (TPSA) is 61.8 Å². The van der Waals surface area contributed by atoms with E-state index in [0.717, 1.165) is 11.1 Å². The van der Waals surface area contributed by atoms with Gasteiger partial charge in [0.1, 0.15) is 11.5 Å². The Labute approximate surface area is 152 Å². The Balaban J connectivity index is 1.79. The molecule has 0 amide bonds. The fraction of sp³-hybridized carbons (Fsp3) is 0.238. The lowest BCUT2D eigenvalue weighted by molar-refractivity contribution is -0.150. The molecule has 0 aliphatic carbocycles. The summed E-state index contributed by atoms with van der Waals surface area (Å²) in [6.07, 6.45) is 0.976. The monoisotopic (exact) mass is 352 g/mol. The highest BCUT2D eigenvalue weighted by Crippen LogP contribution is 2.35. The highest BCUT2D eigenvalue weighted by atomic mass is 16.6. The van der Waals surface area contributed by atoms with Crippen LogP contribution in [-0.2, 0) is 9.53 Å². The van der Waals surface area contributed by atoms with Gasteiger partial charge >= 0.3 is 5.97 Å². The number of carbonyl (C=O) groups is 2. The van der Waals surface area contributed by atoms with Gasteiger partial charge in [0.05, 0.1) is 12.2 Å². The average Bonchev–Trinajstić information content (AvgIpc) is 2.90. The van der Waals surface area contributed by atoms with Crippen LogP contribution in [0.2, 0.25) is 0 Å². The molecule has 0 radical (unpaired) electrons. The third kappa shape index (κ3) is 3.77. The Kier molecular flexibility index (Phi) is 5.07. The second kappa shape index (κ2) is 7.44. The highest BCUT2D eigenvalue weighted by molar-refractivity contribution is 6.14. The SMILES string of the molecule is CCOC(=O)[C@@H](C)Oc1ccc2c(c1)O/C(=C\c1cccc(C)c1)C2=O. The fourth-order valence-corrected chi connectivity index (χ4v) is 2.66. The van der Waals surface area contributed by atoms with Crippen molar-refractivity contribution < 1.29 is 23.8 Å². The van der Waals surface area contributed by atoms with Gasteiger partial charge in [0.2, 0.25) is 5.78 Å². The molecule has 5 nitrogen and oxygen atoms in total. The number of rotatable bonds is 5. The number of carbonyl (C=O) groups excluding carboxylic acids is 2. The number of allylic oxidation sites excluding steroid dienone is 1. The van der Waals surface area contributed by atoms with E-state index >= 15 is 0 Å². The van der Waals surface area contributed by atoms with Crippen LogP contribution in [0.1, 0.15) is 35.3 Å². The molecule has 0 N–H and O–H groups in total. The van der Waals surface area contributed by atoms with Gasteiger partial charge in [0.15, 0.2) is 11.9 Å². The summed E-state index contributed by atoms with van der Waals surface area (Å²) < 4.78 is 16.2. The van der Waals surface area contributed by atoms with E-state index in [4.69, 9.17) is 14.2 Å². The van der Waals surface area contributed by atoms with Crippen molar-refractivity contribution in [1.82, 2.24) is 0 Å². The number of hydrogen-bond donors (Lipinski definition) is 0. The first-order valence-electron chi connectivity index (χ1n) is 8.46. The lowest BCUT2D eigenvalue weighted by atomic mass is 10.1. The Hall–Kier alpha value is -3.08. The summed E-state index contributed by atoms with van der Waals surface area (Å²) >= 11 is 0. The summed E-state index contributed by atoms with van der Waals surface area (Å²) in [5.74, 6) is 0.508. The van der Waals surface area contributed by atoms with Gasteiger partial charge in [0, 0.05) is 6.07 Å². The van der Waals surface area contributed by atoms with Crippen LogP contribution in [-0.4, -0.2) is 24.5 Å². The molecule has 0 saturated carbocycles. The van der Waals surface area contributed by atoms with E-state index in [0.29, 0.717) is 23.7 Å². The summed E-state index contributed by atoms with van der Waals surface area (Å²) in [5.41, 5.74) is 2.47. The Morgan fingerprint density at radius 3 is 2.77 bits per heavy atom. The molecule has 1 atom stereocenters. The van der Waals surface area contributed by atoms with Crippen molar-refractivity contribution >= 4 is 17.8 Å². The third-order valence-electron chi connectivity index (χ3n) is 3.91. The maximum atomic E-state index is 12.5. The van der Waals surface area contributed by atoms with E-state index in [1.54, 1.807) is 38.1 Å². The summed E-state index contributed by atoms with van der Waals surface area (Å²) in [6, 6.07) is 12.7. The molecule has 0 aromatic heterocycles. The third-order valence-corrected chi connectivity index (χ3v) is 3.91. The molecule has 0 fully saturated rings. The molecule has 2 aromatic carbocycles. The van der Waals surface area contributed by atoms with Crippen LogP contribution in [0.15, 0.2) is 48.2 Å². The smallest absolute Gasteiger partial charge is 0.347 e. The molecular formula is C21H20O5. The zero-order valence-corrected chi connectivity index (χ0v) is 14.9. The van der Waals surface area contributed by atoms with E-state index in [1.165, 1.54) is 0 Å². The summed E-state index contributed by atoms with van der Waals surface area (Å²) in [7, 11) is 0. The minimum atomic E-state index is -0.743. The lowest BCUT2D eigenvalue weighted by Gasteiger charge is -2.13. The predicted octanol–water partition coefficient (Wildman–Crippen LogP) is 3.94. The number of aryl methyl sites for hydroxylation is 1. The molecule has 1 aliphatic rings. The maximum Gasteiger partial charge on any atom is 0.347 e. The minimum absolute atomic E-state index is 0.175. The zero-order valence-electron chi connectivity index (χ0n) is 14.9. The van der Waals surface area contributed by atoms with Gasteiger partial charge < -0.3 is 14.2 Å². The summed E-state index contributed by atoms with van der Waals surface area (Å²) in [5, 5.41) is 0. The van der Waals surface area contributed by atoms with E-state index in [9.17, 15) is 9.59 Å². The second-order valence-corrected chi connectivity index (χ2v) is 6.02. The van der Waals surface area contributed by atoms with Crippen LogP contribution in [0.25, 0.3) is 6.08 Å². The van der Waals surface area contributed by atoms with Crippen molar-refractivity contribution in [2.45, 2.75) is 26.9 Å². The van der Waals surface area contributed by atoms with Gasteiger partial charge in [-0.3, -0.25) is 4.79 Å². The molecule has 3 rings (SSSR count). The van der Waals surface area contributed by atoms with Crippen molar-refractivity contribution in [1.29, 1.82) is 0 Å². The molecule has 0 spiro atoms. The van der Waals surface area contributed by atoms with Crippen molar-refractivity contribution in [2.75, 3.05) is 6.61 Å². The molecule has 5 heteroatoms. The van der Waals surface area contributed by atoms with Crippen molar-refractivity contribution in [2.24, 2.45) is 0 Å². The first-order valence-corrected chi connectivity index (χ1v) is 8.46. The van der Waals surface area contributed by atoms with Crippen LogP contribution in [0, 0.1) is 6.92 Å². The highest BCUT2D eigenvalue weighted by Gasteiger charge is 2.28. The molecule has 1 heterocycles. The van der Waals surface area contributed by atoms with Crippen LogP contribution in [0.3, 0.4) is 0 Å². The van der Waals surface area contributed by atoms with Crippen LogP contribution in [0.5, 0.6) is 11.5 Å². The lowest BCUT2D eigenvalue weighted by Crippen LogP contribution is -2.26. The van der Waals surface area contributed by atoms with Crippen molar-refractivity contribution in [3.8, 4) is 11.5 Å². The molecule has 26 heavy (non-hydrogen) atoms. The van der Waals surface area contributed by atoms with Crippen molar-refractivity contribution in [3.63, 3.8) is 0 Å². The van der Waals surface area contributed by atoms with Crippen LogP contribution >= 0.6 is 0 Å². The Morgan fingerprint density at radius 2 is 2.04 bits per heavy atom. The van der Waals surface area contributed by atoms with Gasteiger partial charge in [-0.25, -0.2) is 4.79 Å². The number of Topliss-reactive ketones (excluding diaryl/α,β-unsaturated/α-hetero) is 1. The van der Waals surface area contributed by atoms with Crippen molar-refractivity contribution in [3.05, 3.63) is 64.9 Å². The summed E-state index contributed by atoms with van der Waals surface area (Å²) in [4.78, 5) is 24.2. The molecule has 0 bridgehead atoms. The number of benzene rings is 2. The number of hydrogen-bond acceptors (Lipinski definition) is 5. The molecule has 134 valence electrons. The standard InChI is InChI=1S/C21H20O5/c1-4-24-21(23)14(3)25-16-8-9-17-18(12-16)26-19(20(17)22)11-15-7-5-6-13(2)10-15/h5-12,14H,4H2,1-3H3/b19-11-/t14-/m1/s1. The van der Waals surface area contributed by atoms with E-state index in [-0.39, 0.29) is 11.5 Å². The van der Waals surface area contributed by atoms with Gasteiger partial charge in [-0.05, 0) is 44.5 Å². The number of ether oxygens (including phenoxy) is 3. The number of esters is 1. The van der Waals surface area contributed by atoms with Gasteiger partial charge in [-0.2, -0.15) is 0 Å². The number of ketones is 1. The second-order valence-electron chi connectivity index (χ2n) is 6.02. The van der Waals surface area contributed by atoms with Crippen LogP contribution in [0.4, 0.5) is 0 Å². The molecular weight excluding hydrogens is 332 g/mol. The quantitative estimate of drug-likeness (QED) is 0.602. The zero-order chi connectivity index (χ0) is 18.7.